The van der Waals surface area contributed by atoms with Gasteiger partial charge in [0, 0.05) is 17.7 Å². The molecule has 7 N–H and O–H groups in total. The number of rotatable bonds is 4. The van der Waals surface area contributed by atoms with Gasteiger partial charge in [-0.1, -0.05) is 0 Å². The predicted octanol–water partition coefficient (Wildman–Crippen LogP) is 0.100. The minimum atomic E-state index is -1.78. The number of ether oxygens (including phenoxy) is 2. The van der Waals surface area contributed by atoms with E-state index >= 15 is 0 Å². The van der Waals surface area contributed by atoms with Crippen LogP contribution in [-0.4, -0.2) is 73.9 Å². The molecule has 0 amide bonds. The number of aliphatic hydroxyl groups is 4. The minimum absolute atomic E-state index is 0.0604. The summed E-state index contributed by atoms with van der Waals surface area (Å²) in [6.45, 7) is -0.710. The van der Waals surface area contributed by atoms with E-state index in [4.69, 9.17) is 13.9 Å². The maximum absolute atomic E-state index is 12.9. The Morgan fingerprint density at radius 1 is 0.970 bits per heavy atom. The Morgan fingerprint density at radius 2 is 1.70 bits per heavy atom. The summed E-state index contributed by atoms with van der Waals surface area (Å²) in [4.78, 5) is 12.9. The first-order chi connectivity index (χ1) is 15.7. The van der Waals surface area contributed by atoms with Gasteiger partial charge in [0.15, 0.2) is 16.9 Å². The molecule has 1 fully saturated rings. The number of hydrogen-bond acceptors (Lipinski definition) is 11. The van der Waals surface area contributed by atoms with Gasteiger partial charge in [-0.05, 0) is 18.2 Å². The molecular formula is C22H22O11. The van der Waals surface area contributed by atoms with Crippen LogP contribution in [-0.2, 0) is 4.74 Å². The fourth-order valence-electron chi connectivity index (χ4n) is 3.90. The summed E-state index contributed by atoms with van der Waals surface area (Å²) in [6, 6.07) is 6.37. The standard InChI is InChI=1S/C22H22O11/c1-31-13-4-8(2-3-9(13)24)12-5-10(25)16-14(32-12)6-11(26)17(19(16)28)22-21(30)20(29)18(27)15(7-23)33-22/h2-6,15,18,20-24,26-30H,7H2,1H3/t15-,18-,20+,21-,22+/m0/s1. The molecule has 0 saturated carbocycles. The number of fused-ring (bicyclic) bond motifs is 1. The van der Waals surface area contributed by atoms with E-state index in [2.05, 4.69) is 0 Å². The van der Waals surface area contributed by atoms with Crippen LogP contribution >= 0.6 is 0 Å². The van der Waals surface area contributed by atoms with E-state index in [1.54, 1.807) is 0 Å². The molecule has 11 heteroatoms. The third-order valence-corrected chi connectivity index (χ3v) is 5.65. The van der Waals surface area contributed by atoms with Crippen LogP contribution in [0.1, 0.15) is 11.7 Å². The van der Waals surface area contributed by atoms with Crippen LogP contribution in [0.3, 0.4) is 0 Å². The number of phenols is 3. The van der Waals surface area contributed by atoms with Crippen LogP contribution < -0.4 is 10.2 Å². The van der Waals surface area contributed by atoms with Crippen molar-refractivity contribution in [3.8, 4) is 34.3 Å². The Labute approximate surface area is 185 Å². The van der Waals surface area contributed by atoms with Gasteiger partial charge in [0.1, 0.15) is 58.7 Å². The van der Waals surface area contributed by atoms with E-state index < -0.39 is 59.6 Å². The Hall–Kier alpha value is -3.35. The van der Waals surface area contributed by atoms with Crippen LogP contribution in [0.2, 0.25) is 0 Å². The lowest BCUT2D eigenvalue weighted by Crippen LogP contribution is -2.55. The largest absolute Gasteiger partial charge is 0.507 e. The monoisotopic (exact) mass is 462 g/mol. The van der Waals surface area contributed by atoms with Crippen molar-refractivity contribution in [3.63, 3.8) is 0 Å². The summed E-state index contributed by atoms with van der Waals surface area (Å²) in [5.41, 5.74) is -0.916. The number of phenolic OH excluding ortho intramolecular Hbond substituents is 3. The molecule has 33 heavy (non-hydrogen) atoms. The quantitative estimate of drug-likeness (QED) is 0.278. The Kier molecular flexibility index (Phi) is 5.91. The fourth-order valence-corrected chi connectivity index (χ4v) is 3.90. The van der Waals surface area contributed by atoms with Crippen molar-refractivity contribution in [2.75, 3.05) is 13.7 Å². The molecule has 0 unspecified atom stereocenters. The molecule has 5 atom stereocenters. The highest BCUT2D eigenvalue weighted by atomic mass is 16.5. The van der Waals surface area contributed by atoms with E-state index in [-0.39, 0.29) is 28.2 Å². The molecule has 0 spiro atoms. The average molecular weight is 462 g/mol. The van der Waals surface area contributed by atoms with Gasteiger partial charge in [-0.25, -0.2) is 0 Å². The number of aliphatic hydroxyl groups excluding tert-OH is 4. The Bertz CT molecular complexity index is 1250. The molecular weight excluding hydrogens is 440 g/mol. The van der Waals surface area contributed by atoms with Gasteiger partial charge in [-0.2, -0.15) is 0 Å². The van der Waals surface area contributed by atoms with Crippen LogP contribution in [0.25, 0.3) is 22.3 Å². The second-order valence-electron chi connectivity index (χ2n) is 7.64. The zero-order chi connectivity index (χ0) is 24.0. The Morgan fingerprint density at radius 3 is 2.36 bits per heavy atom. The first-order valence-electron chi connectivity index (χ1n) is 9.88. The second-order valence-corrected chi connectivity index (χ2v) is 7.64. The molecule has 1 saturated heterocycles. The van der Waals surface area contributed by atoms with Gasteiger partial charge < -0.3 is 49.6 Å². The molecule has 3 aromatic rings. The first kappa shape index (κ1) is 22.8. The second kappa shape index (κ2) is 8.54. The van der Waals surface area contributed by atoms with E-state index in [1.807, 2.05) is 0 Å². The zero-order valence-electron chi connectivity index (χ0n) is 17.2. The number of methoxy groups -OCH3 is 1. The van der Waals surface area contributed by atoms with Crippen molar-refractivity contribution < 1.29 is 49.6 Å². The third-order valence-electron chi connectivity index (χ3n) is 5.65. The normalized spacial score (nSPS) is 25.3. The van der Waals surface area contributed by atoms with Crippen molar-refractivity contribution in [2.24, 2.45) is 0 Å². The van der Waals surface area contributed by atoms with E-state index in [1.165, 1.54) is 25.3 Å². The molecule has 1 aliphatic rings. The molecule has 11 nitrogen and oxygen atoms in total. The van der Waals surface area contributed by atoms with Crippen LogP contribution in [0.15, 0.2) is 39.5 Å². The lowest BCUT2D eigenvalue weighted by Gasteiger charge is -2.40. The maximum Gasteiger partial charge on any atom is 0.197 e. The smallest absolute Gasteiger partial charge is 0.197 e. The highest BCUT2D eigenvalue weighted by Crippen LogP contribution is 2.44. The molecule has 176 valence electrons. The molecule has 4 rings (SSSR count). The number of hydrogen-bond donors (Lipinski definition) is 7. The lowest BCUT2D eigenvalue weighted by atomic mass is 9.89. The zero-order valence-corrected chi connectivity index (χ0v) is 17.2. The predicted molar refractivity (Wildman–Crippen MR) is 112 cm³/mol. The SMILES string of the molecule is COc1cc(-c2cc(=O)c3c(O)c([C@H]4O[C@@H](CO)[C@H](O)[C@@H](O)[C@@H]4O)c(O)cc3o2)ccc1O. The molecule has 1 aromatic heterocycles. The number of benzene rings is 2. The summed E-state index contributed by atoms with van der Waals surface area (Å²) in [6.07, 6.45) is -8.02. The third kappa shape index (κ3) is 3.75. The Balaban J connectivity index is 1.85. The topological polar surface area (TPSA) is 190 Å². The molecule has 2 aromatic carbocycles. The van der Waals surface area contributed by atoms with Crippen molar-refractivity contribution in [2.45, 2.75) is 30.5 Å². The summed E-state index contributed by atoms with van der Waals surface area (Å²) in [7, 11) is 1.35. The van der Waals surface area contributed by atoms with Gasteiger partial charge in [0.25, 0.3) is 0 Å². The van der Waals surface area contributed by atoms with E-state index in [0.29, 0.717) is 5.56 Å². The van der Waals surface area contributed by atoms with Crippen LogP contribution in [0.5, 0.6) is 23.0 Å². The van der Waals surface area contributed by atoms with Crippen LogP contribution in [0.4, 0.5) is 0 Å². The van der Waals surface area contributed by atoms with Crippen molar-refractivity contribution in [1.29, 1.82) is 0 Å². The van der Waals surface area contributed by atoms with Crippen molar-refractivity contribution in [3.05, 3.63) is 46.1 Å². The highest BCUT2D eigenvalue weighted by molar-refractivity contribution is 5.88. The highest BCUT2D eigenvalue weighted by Gasteiger charge is 2.46. The molecule has 2 heterocycles. The van der Waals surface area contributed by atoms with E-state index in [0.717, 1.165) is 12.1 Å². The average Bonchev–Trinajstić information content (AvgIpc) is 2.78. The van der Waals surface area contributed by atoms with Crippen LogP contribution in [0, 0.1) is 0 Å². The minimum Gasteiger partial charge on any atom is -0.507 e. The summed E-state index contributed by atoms with van der Waals surface area (Å²) >= 11 is 0. The van der Waals surface area contributed by atoms with Crippen molar-refractivity contribution >= 4 is 11.0 Å². The summed E-state index contributed by atoms with van der Waals surface area (Å²) < 4.78 is 16.1. The molecule has 0 radical (unpaired) electrons. The van der Waals surface area contributed by atoms with E-state index in [9.17, 15) is 40.5 Å². The maximum atomic E-state index is 12.9. The first-order valence-corrected chi connectivity index (χ1v) is 9.88. The van der Waals surface area contributed by atoms with Gasteiger partial charge in [-0.3, -0.25) is 4.79 Å². The van der Waals surface area contributed by atoms with Gasteiger partial charge in [-0.15, -0.1) is 0 Å². The molecule has 0 bridgehead atoms. The fraction of sp³-hybridized carbons (Fsp3) is 0.318. The molecule has 0 aliphatic carbocycles. The van der Waals surface area contributed by atoms with Gasteiger partial charge in [0.05, 0.1) is 19.3 Å². The van der Waals surface area contributed by atoms with Gasteiger partial charge in [0.2, 0.25) is 0 Å². The lowest BCUT2D eigenvalue weighted by molar-refractivity contribution is -0.232. The molecule has 1 aliphatic heterocycles. The number of aromatic hydroxyl groups is 3. The van der Waals surface area contributed by atoms with Gasteiger partial charge >= 0.3 is 0 Å². The van der Waals surface area contributed by atoms with Crippen molar-refractivity contribution in [1.82, 2.24) is 0 Å². The summed E-state index contributed by atoms with van der Waals surface area (Å²) in [5.74, 6) is -1.29. The summed E-state index contributed by atoms with van der Waals surface area (Å²) in [5, 5.41) is 70.6.